The van der Waals surface area contributed by atoms with E-state index in [0.717, 1.165) is 37.0 Å². The monoisotopic (exact) mass is 1020 g/mol. The molecule has 2 aromatic heterocycles. The first-order valence-corrected chi connectivity index (χ1v) is 24.3. The fourth-order valence-corrected chi connectivity index (χ4v) is 10.8. The van der Waals surface area contributed by atoms with Crippen LogP contribution in [0.25, 0.3) is 21.8 Å². The lowest BCUT2D eigenvalue weighted by molar-refractivity contribution is -0.387. The zero-order chi connectivity index (χ0) is 50.5. The fourth-order valence-electron chi connectivity index (χ4n) is 10.4. The molecule has 4 aromatic carbocycles. The van der Waals surface area contributed by atoms with Gasteiger partial charge >= 0.3 is 11.4 Å². The minimum Gasteiger partial charge on any atom is -0.487 e. The van der Waals surface area contributed by atoms with Crippen LogP contribution in [-0.2, 0) is 0 Å². The van der Waals surface area contributed by atoms with Crippen LogP contribution in [0.2, 0.25) is 10.0 Å². The van der Waals surface area contributed by atoms with E-state index < -0.39 is 33.0 Å². The normalized spacial score (nSPS) is 17.6. The van der Waals surface area contributed by atoms with Crippen LogP contribution in [0.4, 0.5) is 47.6 Å². The molecular weight excluding hydrogens is 965 g/mol. The average Bonchev–Trinajstić information content (AvgIpc) is 3.32. The van der Waals surface area contributed by atoms with E-state index in [2.05, 4.69) is 54.5 Å². The molecule has 4 aliphatic rings. The molecule has 2 spiro atoms. The van der Waals surface area contributed by atoms with Crippen LogP contribution in [0.3, 0.4) is 0 Å². The highest BCUT2D eigenvalue weighted by molar-refractivity contribution is 6.31. The number of nitro groups is 2. The van der Waals surface area contributed by atoms with E-state index in [1.807, 2.05) is 0 Å². The Kier molecular flexibility index (Phi) is 16.1. The highest BCUT2D eigenvalue weighted by Gasteiger charge is 2.45. The summed E-state index contributed by atoms with van der Waals surface area (Å²) in [5.74, 6) is 0.105. The first-order valence-electron chi connectivity index (χ1n) is 23.6. The van der Waals surface area contributed by atoms with Crippen LogP contribution in [0.1, 0.15) is 64.2 Å². The van der Waals surface area contributed by atoms with Gasteiger partial charge in [-0.2, -0.15) is 4.39 Å². The third-order valence-electron chi connectivity index (χ3n) is 14.5. The maximum Gasteiger partial charge on any atom is 0.311 e. The molecule has 0 bridgehead atoms. The maximum absolute atomic E-state index is 13.6. The Morgan fingerprint density at radius 3 is 1.56 bits per heavy atom. The molecule has 2 aliphatic heterocycles. The van der Waals surface area contributed by atoms with Crippen molar-refractivity contribution in [3.05, 3.63) is 121 Å². The second-order valence-electron chi connectivity index (χ2n) is 19.4. The summed E-state index contributed by atoms with van der Waals surface area (Å²) in [5, 5.41) is 38.0. The summed E-state index contributed by atoms with van der Waals surface area (Å²) in [5.41, 5.74) is 1.99. The fraction of sp³-hybridized carbons (Fsp3) is 0.440. The predicted octanol–water partition coefficient (Wildman–Crippen LogP) is 11.7. The molecule has 10 rings (SSSR count). The molecule has 0 amide bonds. The molecule has 21 heteroatoms. The van der Waals surface area contributed by atoms with E-state index in [9.17, 15) is 33.4 Å². The van der Waals surface area contributed by atoms with Crippen LogP contribution in [0.5, 0.6) is 5.75 Å². The molecule has 0 unspecified atom stereocenters. The van der Waals surface area contributed by atoms with Crippen molar-refractivity contribution in [2.75, 3.05) is 64.1 Å². The molecule has 0 radical (unpaired) electrons. The number of piperidine rings is 2. The van der Waals surface area contributed by atoms with Crippen LogP contribution in [-0.4, -0.2) is 98.2 Å². The van der Waals surface area contributed by atoms with E-state index in [-0.39, 0.29) is 38.2 Å². The van der Waals surface area contributed by atoms with E-state index >= 15 is 0 Å². The molecule has 4 fully saturated rings. The Labute approximate surface area is 418 Å². The summed E-state index contributed by atoms with van der Waals surface area (Å²) in [6, 6.07) is 13.1. The minimum absolute atomic E-state index is 0.0387. The first-order chi connectivity index (χ1) is 34.0. The molecule has 71 heavy (non-hydrogen) atoms. The Morgan fingerprint density at radius 2 is 1.11 bits per heavy atom. The van der Waals surface area contributed by atoms with E-state index in [1.165, 1.54) is 127 Å². The number of aliphatic hydroxyl groups is 1. The molecule has 2 saturated carbocycles. The molecule has 2 saturated heterocycles. The SMILES string of the molecule is CN1CCC2(CC1)CC(CCO)C2.CN1CCC2(CC1)CC(CCOc1cc3ncnc(Nc4ccc(F)c(Cl)c4)c3cc1[N+](=O)[O-])C2.O=[N+]([O-])c1cc2c(Nc3ccc(F)c(Cl)c3)ncnc2cc1F. The zero-order valence-corrected chi connectivity index (χ0v) is 40.9. The lowest BCUT2D eigenvalue weighted by Crippen LogP contribution is -2.46. The van der Waals surface area contributed by atoms with E-state index in [1.54, 1.807) is 6.07 Å². The van der Waals surface area contributed by atoms with Gasteiger partial charge in [0.2, 0.25) is 5.82 Å². The Hall–Kier alpha value is -5.99. The number of likely N-dealkylation sites (tertiary alicyclic amines) is 2. The van der Waals surface area contributed by atoms with Crippen molar-refractivity contribution in [2.45, 2.75) is 64.2 Å². The van der Waals surface area contributed by atoms with Crippen molar-refractivity contribution in [1.29, 1.82) is 0 Å². The van der Waals surface area contributed by atoms with Crippen molar-refractivity contribution in [2.24, 2.45) is 22.7 Å². The molecule has 0 atom stereocenters. The molecule has 16 nitrogen and oxygen atoms in total. The number of fused-ring (bicyclic) bond motifs is 2. The first kappa shape index (κ1) is 51.4. The topological polar surface area (TPSA) is 198 Å². The van der Waals surface area contributed by atoms with Gasteiger partial charge in [-0.3, -0.25) is 20.2 Å². The Bertz CT molecular complexity index is 2890. The molecule has 6 aromatic rings. The summed E-state index contributed by atoms with van der Waals surface area (Å²) in [7, 11) is 4.40. The van der Waals surface area contributed by atoms with Crippen LogP contribution in [0, 0.1) is 60.3 Å². The lowest BCUT2D eigenvalue weighted by atomic mass is 9.57. The number of aliphatic hydroxyl groups excluding tert-OH is 1. The Morgan fingerprint density at radius 1 is 0.662 bits per heavy atom. The summed E-state index contributed by atoms with van der Waals surface area (Å²) < 4.78 is 46.2. The highest BCUT2D eigenvalue weighted by Crippen LogP contribution is 2.54. The molecule has 2 aliphatic carbocycles. The number of nitrogens with one attached hydrogen (secondary N) is 2. The molecule has 3 N–H and O–H groups in total. The number of rotatable bonds is 12. The largest absolute Gasteiger partial charge is 0.487 e. The predicted molar refractivity (Wildman–Crippen MR) is 267 cm³/mol. The number of aromatic nitrogens is 4. The molecule has 4 heterocycles. The summed E-state index contributed by atoms with van der Waals surface area (Å²) in [4.78, 5) is 42.5. The zero-order valence-electron chi connectivity index (χ0n) is 39.4. The molecular formula is C50H55Cl2F3N10O6. The van der Waals surface area contributed by atoms with Gasteiger partial charge in [0.1, 0.15) is 35.9 Å². The number of hydrogen-bond acceptors (Lipinski definition) is 14. The minimum atomic E-state index is -0.989. The van der Waals surface area contributed by atoms with Gasteiger partial charge in [0.15, 0.2) is 5.75 Å². The van der Waals surface area contributed by atoms with Gasteiger partial charge in [0.05, 0.1) is 48.3 Å². The number of anilines is 4. The quantitative estimate of drug-likeness (QED) is 0.0773. The second kappa shape index (κ2) is 22.2. The van der Waals surface area contributed by atoms with Crippen molar-refractivity contribution < 1.29 is 32.9 Å². The van der Waals surface area contributed by atoms with E-state index in [4.69, 9.17) is 33.0 Å². The van der Waals surface area contributed by atoms with Gasteiger partial charge in [0, 0.05) is 42.2 Å². The summed E-state index contributed by atoms with van der Waals surface area (Å²) >= 11 is 11.6. The number of ether oxygens (including phenoxy) is 1. The number of hydrogen-bond donors (Lipinski definition) is 3. The smallest absolute Gasteiger partial charge is 0.311 e. The highest BCUT2D eigenvalue weighted by atomic mass is 35.5. The number of halogens is 5. The van der Waals surface area contributed by atoms with Crippen LogP contribution < -0.4 is 15.4 Å². The van der Waals surface area contributed by atoms with Crippen molar-refractivity contribution in [3.63, 3.8) is 0 Å². The van der Waals surface area contributed by atoms with Crippen molar-refractivity contribution >= 4 is 79.4 Å². The summed E-state index contributed by atoms with van der Waals surface area (Å²) in [6.07, 6.45) is 15.0. The summed E-state index contributed by atoms with van der Waals surface area (Å²) in [6.45, 7) is 5.72. The third kappa shape index (κ3) is 12.4. The van der Waals surface area contributed by atoms with Gasteiger partial charge in [-0.1, -0.05) is 23.2 Å². The van der Waals surface area contributed by atoms with Crippen molar-refractivity contribution in [1.82, 2.24) is 29.7 Å². The number of nitrogens with zero attached hydrogens (tertiary/aromatic N) is 8. The standard InChI is InChI=1S/C25H27ClFN5O3.C14H7ClF2N4O2.C11H21NO/c1-31-7-5-25(6-8-31)13-16(14-25)4-9-35-23-12-21-18(11-22(23)32(33)34)24(29-15-28-21)30-17-2-3-20(27)19(26)10-17;15-9-3-7(1-2-10(9)16)20-14-8-4-13(21(22)23)11(17)5-12(8)18-6-19-14;1-12-5-3-11(4-6-12)8-10(9-11)2-7-13/h2-3,10-12,15-16H,4-9,13-14H2,1H3,(H,28,29,30);1-6H,(H,18,19,20);10,13H,2-9H2,1H3. The maximum atomic E-state index is 13.6. The van der Waals surface area contributed by atoms with Crippen LogP contribution in [0.15, 0.2) is 73.3 Å². The second-order valence-corrected chi connectivity index (χ2v) is 20.2. The molecule has 376 valence electrons. The van der Waals surface area contributed by atoms with Gasteiger partial charge in [-0.25, -0.2) is 28.7 Å². The number of benzene rings is 4. The lowest BCUT2D eigenvalue weighted by Gasteiger charge is -2.52. The van der Waals surface area contributed by atoms with E-state index in [0.29, 0.717) is 58.1 Å². The average molecular weight is 1020 g/mol. The Balaban J connectivity index is 0.000000160. The van der Waals surface area contributed by atoms with Gasteiger partial charge in [-0.05, 0) is 164 Å². The van der Waals surface area contributed by atoms with Gasteiger partial charge in [-0.15, -0.1) is 0 Å². The van der Waals surface area contributed by atoms with Crippen LogP contribution >= 0.6 is 23.2 Å². The van der Waals surface area contributed by atoms with Crippen molar-refractivity contribution in [3.8, 4) is 5.75 Å². The van der Waals surface area contributed by atoms with Gasteiger partial charge < -0.3 is 30.3 Å². The van der Waals surface area contributed by atoms with Gasteiger partial charge in [0.25, 0.3) is 0 Å². The third-order valence-corrected chi connectivity index (χ3v) is 15.1. The number of nitro benzene ring substituents is 2.